The summed E-state index contributed by atoms with van der Waals surface area (Å²) >= 11 is 0. The van der Waals surface area contributed by atoms with Gasteiger partial charge < -0.3 is 5.48 Å². The first-order chi connectivity index (χ1) is 13.9. The smallest absolute Gasteiger partial charge is 0.412 e. The first-order valence-electron chi connectivity index (χ1n) is 8.17. The SMILES string of the molecule is O.O=[N+]([O-])c1ccc(NN(c2ccccc2)c2ccccc2)c([N+](=O)[O-])c1[N+](=O)[O-]. The van der Waals surface area contributed by atoms with Crippen LogP contribution in [0.25, 0.3) is 0 Å². The molecular formula is C18H15N5O7. The molecule has 12 heteroatoms. The number of hydrogen-bond acceptors (Lipinski definition) is 8. The quantitative estimate of drug-likeness (QED) is 0.449. The third kappa shape index (κ3) is 4.28. The summed E-state index contributed by atoms with van der Waals surface area (Å²) in [6.07, 6.45) is 0. The van der Waals surface area contributed by atoms with E-state index in [1.165, 1.54) is 5.01 Å². The van der Waals surface area contributed by atoms with Gasteiger partial charge in [-0.1, -0.05) is 36.4 Å². The highest BCUT2D eigenvalue weighted by atomic mass is 16.6. The molecule has 0 heterocycles. The van der Waals surface area contributed by atoms with E-state index < -0.39 is 31.8 Å². The van der Waals surface area contributed by atoms with Gasteiger partial charge in [0.25, 0.3) is 0 Å². The van der Waals surface area contributed by atoms with Gasteiger partial charge in [0, 0.05) is 6.07 Å². The number of nitrogens with zero attached hydrogens (tertiary/aromatic N) is 4. The Balaban J connectivity index is 0.00000320. The van der Waals surface area contributed by atoms with Gasteiger partial charge in [-0.2, -0.15) is 0 Å². The molecule has 12 nitrogen and oxygen atoms in total. The van der Waals surface area contributed by atoms with Crippen molar-refractivity contribution in [3.8, 4) is 0 Å². The molecule has 3 aromatic carbocycles. The molecule has 0 amide bonds. The monoisotopic (exact) mass is 413 g/mol. The van der Waals surface area contributed by atoms with Gasteiger partial charge in [-0.05, 0) is 30.3 Å². The van der Waals surface area contributed by atoms with Crippen LogP contribution in [-0.4, -0.2) is 20.2 Å². The van der Waals surface area contributed by atoms with Crippen molar-refractivity contribution >= 4 is 34.1 Å². The molecule has 0 aliphatic heterocycles. The number of para-hydroxylation sites is 2. The number of hydrazine groups is 1. The van der Waals surface area contributed by atoms with E-state index in [1.807, 2.05) is 0 Å². The number of nitro groups is 3. The Morgan fingerprint density at radius 3 is 1.50 bits per heavy atom. The third-order valence-corrected chi connectivity index (χ3v) is 3.95. The number of hydrogen-bond donors (Lipinski definition) is 1. The zero-order valence-electron chi connectivity index (χ0n) is 15.2. The lowest BCUT2D eigenvalue weighted by atomic mass is 10.2. The summed E-state index contributed by atoms with van der Waals surface area (Å²) in [4.78, 5) is 30.9. The van der Waals surface area contributed by atoms with Crippen LogP contribution in [0.5, 0.6) is 0 Å². The Morgan fingerprint density at radius 1 is 0.633 bits per heavy atom. The van der Waals surface area contributed by atoms with Crippen LogP contribution in [0, 0.1) is 30.3 Å². The predicted molar refractivity (Wildman–Crippen MR) is 109 cm³/mol. The normalized spacial score (nSPS) is 9.87. The molecule has 0 saturated heterocycles. The molecule has 0 unspecified atom stereocenters. The van der Waals surface area contributed by atoms with Crippen molar-refractivity contribution in [1.82, 2.24) is 0 Å². The molecule has 3 aromatic rings. The first kappa shape index (κ1) is 21.7. The fourth-order valence-electron chi connectivity index (χ4n) is 2.72. The van der Waals surface area contributed by atoms with Crippen LogP contribution in [0.4, 0.5) is 34.1 Å². The second kappa shape index (κ2) is 9.07. The lowest BCUT2D eigenvalue weighted by Gasteiger charge is -2.26. The third-order valence-electron chi connectivity index (χ3n) is 3.95. The second-order valence-electron chi connectivity index (χ2n) is 5.72. The van der Waals surface area contributed by atoms with Gasteiger partial charge in [0.1, 0.15) is 5.69 Å². The summed E-state index contributed by atoms with van der Waals surface area (Å²) in [5.74, 6) is 0. The predicted octanol–water partition coefficient (Wildman–Crippen LogP) is 3.75. The summed E-state index contributed by atoms with van der Waals surface area (Å²) in [5.41, 5.74) is 0.559. The highest BCUT2D eigenvalue weighted by Crippen LogP contribution is 2.42. The van der Waals surface area contributed by atoms with Crippen molar-refractivity contribution in [3.63, 3.8) is 0 Å². The minimum Gasteiger partial charge on any atom is -0.412 e. The highest BCUT2D eigenvalue weighted by molar-refractivity contribution is 5.81. The molecule has 0 aliphatic rings. The van der Waals surface area contributed by atoms with E-state index >= 15 is 0 Å². The number of benzene rings is 3. The van der Waals surface area contributed by atoms with Gasteiger partial charge in [-0.15, -0.1) is 0 Å². The van der Waals surface area contributed by atoms with Crippen molar-refractivity contribution in [2.45, 2.75) is 0 Å². The minimum atomic E-state index is -1.19. The first-order valence-corrected chi connectivity index (χ1v) is 8.17. The maximum atomic E-state index is 11.6. The molecule has 30 heavy (non-hydrogen) atoms. The Bertz CT molecular complexity index is 1040. The van der Waals surface area contributed by atoms with Crippen LogP contribution >= 0.6 is 0 Å². The van der Waals surface area contributed by atoms with Gasteiger partial charge in [0.2, 0.25) is 0 Å². The standard InChI is InChI=1S/C18H13N5O6.H2O/c24-21(25)16-12-11-15(17(22(26)27)18(16)23(28)29)19-20(13-7-3-1-4-8-13)14-9-5-2-6-10-14;/h1-12,19H;1H2. The summed E-state index contributed by atoms with van der Waals surface area (Å²) in [6.45, 7) is 0. The van der Waals surface area contributed by atoms with Crippen LogP contribution in [0.15, 0.2) is 72.8 Å². The number of rotatable bonds is 7. The Labute approximate surface area is 168 Å². The zero-order valence-corrected chi connectivity index (χ0v) is 15.2. The van der Waals surface area contributed by atoms with Crippen molar-refractivity contribution in [2.24, 2.45) is 0 Å². The molecular weight excluding hydrogens is 398 g/mol. The number of nitro benzene ring substituents is 3. The maximum absolute atomic E-state index is 11.6. The van der Waals surface area contributed by atoms with Crippen molar-refractivity contribution in [1.29, 1.82) is 0 Å². The molecule has 0 spiro atoms. The molecule has 0 bridgehead atoms. The molecule has 0 aromatic heterocycles. The molecule has 0 aliphatic carbocycles. The van der Waals surface area contributed by atoms with Crippen LogP contribution in [-0.2, 0) is 0 Å². The summed E-state index contributed by atoms with van der Waals surface area (Å²) in [6, 6.07) is 19.4. The zero-order chi connectivity index (χ0) is 21.0. The van der Waals surface area contributed by atoms with E-state index in [0.717, 1.165) is 12.1 Å². The maximum Gasteiger partial charge on any atom is 0.424 e. The Hall–Kier alpha value is -4.58. The van der Waals surface area contributed by atoms with E-state index in [2.05, 4.69) is 5.43 Å². The highest BCUT2D eigenvalue weighted by Gasteiger charge is 2.39. The van der Waals surface area contributed by atoms with Crippen molar-refractivity contribution in [3.05, 3.63) is 103 Å². The number of anilines is 3. The average molecular weight is 413 g/mol. The second-order valence-corrected chi connectivity index (χ2v) is 5.72. The van der Waals surface area contributed by atoms with E-state index in [4.69, 9.17) is 0 Å². The van der Waals surface area contributed by atoms with Crippen molar-refractivity contribution < 1.29 is 20.2 Å². The average Bonchev–Trinajstić information content (AvgIpc) is 2.72. The van der Waals surface area contributed by atoms with E-state index in [9.17, 15) is 30.3 Å². The van der Waals surface area contributed by atoms with Crippen molar-refractivity contribution in [2.75, 3.05) is 10.4 Å². The Kier molecular flexibility index (Phi) is 6.57. The van der Waals surface area contributed by atoms with E-state index in [1.54, 1.807) is 60.7 Å². The number of nitrogens with one attached hydrogen (secondary N) is 1. The van der Waals surface area contributed by atoms with Crippen LogP contribution in [0.1, 0.15) is 0 Å². The van der Waals surface area contributed by atoms with Gasteiger partial charge in [-0.3, -0.25) is 40.8 Å². The van der Waals surface area contributed by atoms with Gasteiger partial charge >= 0.3 is 17.1 Å². The molecule has 0 saturated carbocycles. The van der Waals surface area contributed by atoms with E-state index in [-0.39, 0.29) is 11.2 Å². The largest absolute Gasteiger partial charge is 0.424 e. The summed E-state index contributed by atoms with van der Waals surface area (Å²) in [7, 11) is 0. The lowest BCUT2D eigenvalue weighted by molar-refractivity contribution is -0.440. The molecule has 154 valence electrons. The molecule has 3 rings (SSSR count). The van der Waals surface area contributed by atoms with Crippen LogP contribution < -0.4 is 10.4 Å². The molecule has 0 fully saturated rings. The van der Waals surface area contributed by atoms with Gasteiger partial charge in [-0.25, -0.2) is 0 Å². The fraction of sp³-hybridized carbons (Fsp3) is 0. The van der Waals surface area contributed by atoms with Crippen LogP contribution in [0.3, 0.4) is 0 Å². The van der Waals surface area contributed by atoms with Gasteiger partial charge in [0.15, 0.2) is 0 Å². The Morgan fingerprint density at radius 2 is 1.10 bits per heavy atom. The molecule has 0 atom stereocenters. The molecule has 0 radical (unpaired) electrons. The molecule has 3 N–H and O–H groups in total. The minimum absolute atomic E-state index is 0. The van der Waals surface area contributed by atoms with E-state index in [0.29, 0.717) is 11.4 Å². The van der Waals surface area contributed by atoms with Gasteiger partial charge in [0.05, 0.1) is 26.1 Å². The summed E-state index contributed by atoms with van der Waals surface area (Å²) < 4.78 is 0. The lowest BCUT2D eigenvalue weighted by Crippen LogP contribution is -2.25. The fourth-order valence-corrected chi connectivity index (χ4v) is 2.72. The summed E-state index contributed by atoms with van der Waals surface area (Å²) in [5, 5.41) is 35.6. The topological polar surface area (TPSA) is 176 Å². The van der Waals surface area contributed by atoms with Crippen LogP contribution in [0.2, 0.25) is 0 Å².